The number of benzene rings is 1. The molecular formula is C19H23N5O4. The summed E-state index contributed by atoms with van der Waals surface area (Å²) in [5, 5.41) is 0.750. The number of carbonyl (C=O) groups excluding carboxylic acids is 1. The van der Waals surface area contributed by atoms with Gasteiger partial charge in [0, 0.05) is 44.2 Å². The van der Waals surface area contributed by atoms with Crippen LogP contribution >= 0.6 is 0 Å². The molecule has 4 heterocycles. The van der Waals surface area contributed by atoms with E-state index in [1.165, 1.54) is 0 Å². The molecular weight excluding hydrogens is 362 g/mol. The Morgan fingerprint density at radius 3 is 2.50 bits per heavy atom. The Kier molecular flexibility index (Phi) is 4.31. The van der Waals surface area contributed by atoms with E-state index in [2.05, 4.69) is 14.9 Å². The molecule has 0 bridgehead atoms. The molecule has 1 atom stereocenters. The van der Waals surface area contributed by atoms with E-state index in [1.54, 1.807) is 0 Å². The van der Waals surface area contributed by atoms with Crippen LogP contribution in [0, 0.1) is 0 Å². The van der Waals surface area contributed by atoms with Gasteiger partial charge in [-0.25, -0.2) is 4.98 Å². The van der Waals surface area contributed by atoms with Gasteiger partial charge in [-0.3, -0.25) is 4.79 Å². The number of fused-ring (bicyclic) bond motifs is 2. The molecule has 1 amide bonds. The van der Waals surface area contributed by atoms with Crippen LogP contribution in [0.4, 0.5) is 11.8 Å². The minimum atomic E-state index is -0.271. The lowest BCUT2D eigenvalue weighted by Crippen LogP contribution is -2.51. The lowest BCUT2D eigenvalue weighted by atomic mass is 10.2. The average molecular weight is 385 g/mol. The maximum Gasteiger partial charge on any atom is 0.251 e. The highest BCUT2D eigenvalue weighted by atomic mass is 16.6. The summed E-state index contributed by atoms with van der Waals surface area (Å²) in [6.07, 6.45) is 1.51. The molecule has 2 aromatic rings. The van der Waals surface area contributed by atoms with Gasteiger partial charge < -0.3 is 29.7 Å². The van der Waals surface area contributed by atoms with E-state index in [0.29, 0.717) is 69.3 Å². The predicted octanol–water partition coefficient (Wildman–Crippen LogP) is 0.811. The highest BCUT2D eigenvalue weighted by Gasteiger charge is 2.31. The number of amides is 1. The zero-order chi connectivity index (χ0) is 19.1. The van der Waals surface area contributed by atoms with Crippen molar-refractivity contribution in [1.29, 1.82) is 0 Å². The number of anilines is 2. The van der Waals surface area contributed by atoms with Gasteiger partial charge in [0.2, 0.25) is 5.95 Å². The van der Waals surface area contributed by atoms with Crippen molar-refractivity contribution < 1.29 is 19.0 Å². The van der Waals surface area contributed by atoms with Gasteiger partial charge >= 0.3 is 0 Å². The highest BCUT2D eigenvalue weighted by molar-refractivity contribution is 5.92. The second-order valence-electron chi connectivity index (χ2n) is 7.24. The Morgan fingerprint density at radius 1 is 1.04 bits per heavy atom. The lowest BCUT2D eigenvalue weighted by molar-refractivity contribution is -0.141. The topological polar surface area (TPSA) is 103 Å². The predicted molar refractivity (Wildman–Crippen MR) is 103 cm³/mol. The molecule has 1 aromatic heterocycles. The molecule has 9 heteroatoms. The van der Waals surface area contributed by atoms with Gasteiger partial charge in [0.05, 0.1) is 5.52 Å². The molecule has 0 radical (unpaired) electrons. The van der Waals surface area contributed by atoms with Crippen molar-refractivity contribution in [2.75, 3.05) is 56.6 Å². The van der Waals surface area contributed by atoms with Crippen molar-refractivity contribution in [2.45, 2.75) is 18.9 Å². The van der Waals surface area contributed by atoms with Gasteiger partial charge in [-0.05, 0) is 18.9 Å². The highest BCUT2D eigenvalue weighted by Crippen LogP contribution is 2.36. The first-order valence-corrected chi connectivity index (χ1v) is 9.71. The second-order valence-corrected chi connectivity index (χ2v) is 7.24. The number of hydrogen-bond acceptors (Lipinski definition) is 8. The maximum atomic E-state index is 12.5. The van der Waals surface area contributed by atoms with Gasteiger partial charge in [0.1, 0.15) is 25.1 Å². The van der Waals surface area contributed by atoms with Crippen LogP contribution in [-0.2, 0) is 9.53 Å². The first-order valence-electron chi connectivity index (χ1n) is 9.71. The Labute approximate surface area is 162 Å². The first-order chi connectivity index (χ1) is 13.7. The van der Waals surface area contributed by atoms with Crippen LogP contribution in [0.25, 0.3) is 10.9 Å². The van der Waals surface area contributed by atoms with Crippen LogP contribution in [-0.4, -0.2) is 72.9 Å². The second kappa shape index (κ2) is 6.97. The monoisotopic (exact) mass is 385 g/mol. The number of nitrogens with two attached hydrogens (primary N) is 1. The summed E-state index contributed by atoms with van der Waals surface area (Å²) < 4.78 is 16.8. The van der Waals surface area contributed by atoms with Gasteiger partial charge in [-0.15, -0.1) is 0 Å². The molecule has 1 unspecified atom stereocenters. The fraction of sp³-hybridized carbons (Fsp3) is 0.526. The van der Waals surface area contributed by atoms with Crippen molar-refractivity contribution in [2.24, 2.45) is 0 Å². The third-order valence-corrected chi connectivity index (χ3v) is 5.46. The molecule has 2 saturated heterocycles. The largest absolute Gasteiger partial charge is 0.486 e. The van der Waals surface area contributed by atoms with E-state index >= 15 is 0 Å². The minimum absolute atomic E-state index is 0.0971. The number of hydrogen-bond donors (Lipinski definition) is 1. The van der Waals surface area contributed by atoms with Gasteiger partial charge in [-0.1, -0.05) is 0 Å². The molecule has 2 N–H and O–H groups in total. The van der Waals surface area contributed by atoms with E-state index in [4.69, 9.17) is 19.9 Å². The van der Waals surface area contributed by atoms with E-state index in [1.807, 2.05) is 17.0 Å². The normalized spacial score (nSPS) is 21.9. The summed E-state index contributed by atoms with van der Waals surface area (Å²) in [5.41, 5.74) is 6.93. The molecule has 0 aliphatic carbocycles. The van der Waals surface area contributed by atoms with Crippen molar-refractivity contribution in [3.63, 3.8) is 0 Å². The van der Waals surface area contributed by atoms with E-state index in [9.17, 15) is 4.79 Å². The summed E-state index contributed by atoms with van der Waals surface area (Å²) in [6, 6.07) is 3.68. The SMILES string of the molecule is Nc1nc(N2CCN(C(=O)C3CCCO3)CC2)nc2cc3c(cc12)OCCO3. The van der Waals surface area contributed by atoms with Gasteiger partial charge in [0.25, 0.3) is 5.91 Å². The molecule has 3 aliphatic rings. The summed E-state index contributed by atoms with van der Waals surface area (Å²) in [6.45, 7) is 4.29. The smallest absolute Gasteiger partial charge is 0.251 e. The molecule has 3 aliphatic heterocycles. The van der Waals surface area contributed by atoms with Crippen LogP contribution in [0.5, 0.6) is 11.5 Å². The van der Waals surface area contributed by atoms with Crippen molar-refractivity contribution in [3.8, 4) is 11.5 Å². The molecule has 1 aromatic carbocycles. The van der Waals surface area contributed by atoms with Gasteiger partial charge in [0.15, 0.2) is 11.5 Å². The zero-order valence-corrected chi connectivity index (χ0v) is 15.6. The van der Waals surface area contributed by atoms with E-state index < -0.39 is 0 Å². The Bertz CT molecular complexity index is 907. The van der Waals surface area contributed by atoms with Gasteiger partial charge in [-0.2, -0.15) is 4.98 Å². The number of rotatable bonds is 2. The first kappa shape index (κ1) is 17.3. The summed E-state index contributed by atoms with van der Waals surface area (Å²) in [5.74, 6) is 2.43. The molecule has 28 heavy (non-hydrogen) atoms. The average Bonchev–Trinajstić information content (AvgIpc) is 3.27. The number of ether oxygens (including phenoxy) is 3. The van der Waals surface area contributed by atoms with E-state index in [-0.39, 0.29) is 12.0 Å². The van der Waals surface area contributed by atoms with E-state index in [0.717, 1.165) is 23.7 Å². The van der Waals surface area contributed by atoms with Crippen molar-refractivity contribution in [3.05, 3.63) is 12.1 Å². The molecule has 0 saturated carbocycles. The van der Waals surface area contributed by atoms with Crippen LogP contribution in [0.2, 0.25) is 0 Å². The third-order valence-electron chi connectivity index (χ3n) is 5.46. The Balaban J connectivity index is 1.34. The fourth-order valence-corrected chi connectivity index (χ4v) is 3.92. The van der Waals surface area contributed by atoms with Crippen molar-refractivity contribution in [1.82, 2.24) is 14.9 Å². The summed E-state index contributed by atoms with van der Waals surface area (Å²) in [7, 11) is 0. The quantitative estimate of drug-likeness (QED) is 0.810. The summed E-state index contributed by atoms with van der Waals surface area (Å²) >= 11 is 0. The zero-order valence-electron chi connectivity index (χ0n) is 15.6. The number of piperazine rings is 1. The standard InChI is InChI=1S/C19H23N5O4/c20-17-12-10-15-16(28-9-8-27-15)11-13(12)21-19(22-17)24-5-3-23(4-6-24)18(25)14-2-1-7-26-14/h10-11,14H,1-9H2,(H2,20,21,22). The fourth-order valence-electron chi connectivity index (χ4n) is 3.92. The third kappa shape index (κ3) is 3.05. The lowest BCUT2D eigenvalue weighted by Gasteiger charge is -2.35. The van der Waals surface area contributed by atoms with Crippen LogP contribution in [0.1, 0.15) is 12.8 Å². The Hall–Kier alpha value is -2.81. The molecule has 148 valence electrons. The molecule has 9 nitrogen and oxygen atoms in total. The summed E-state index contributed by atoms with van der Waals surface area (Å²) in [4.78, 5) is 25.6. The number of carbonyl (C=O) groups is 1. The van der Waals surface area contributed by atoms with Crippen LogP contribution < -0.4 is 20.1 Å². The Morgan fingerprint density at radius 2 is 1.79 bits per heavy atom. The number of nitrogens with zero attached hydrogens (tertiary/aromatic N) is 4. The van der Waals surface area contributed by atoms with Crippen LogP contribution in [0.15, 0.2) is 12.1 Å². The molecule has 2 fully saturated rings. The van der Waals surface area contributed by atoms with Crippen molar-refractivity contribution >= 4 is 28.6 Å². The minimum Gasteiger partial charge on any atom is -0.486 e. The maximum absolute atomic E-state index is 12.5. The molecule has 0 spiro atoms. The number of aromatic nitrogens is 2. The van der Waals surface area contributed by atoms with Crippen LogP contribution in [0.3, 0.4) is 0 Å². The molecule has 5 rings (SSSR count). The number of nitrogen functional groups attached to an aromatic ring is 1.